The number of allylic oxidation sites excluding steroid dienone is 1. The molecule has 1 aromatic rings. The molecule has 8 nitrogen and oxygen atoms in total. The molecule has 1 fully saturated rings. The predicted molar refractivity (Wildman–Crippen MR) is 79.9 cm³/mol. The topological polar surface area (TPSA) is 117 Å². The van der Waals surface area contributed by atoms with Crippen molar-refractivity contribution in [3.63, 3.8) is 0 Å². The van der Waals surface area contributed by atoms with Crippen LogP contribution >= 0.6 is 0 Å². The van der Waals surface area contributed by atoms with E-state index in [4.69, 9.17) is 15.2 Å². The van der Waals surface area contributed by atoms with Crippen LogP contribution in [0.25, 0.3) is 0 Å². The summed E-state index contributed by atoms with van der Waals surface area (Å²) in [5.74, 6) is 0.517. The van der Waals surface area contributed by atoms with Crippen molar-refractivity contribution >= 4 is 5.91 Å². The van der Waals surface area contributed by atoms with Gasteiger partial charge in [0.2, 0.25) is 17.7 Å². The lowest BCUT2D eigenvalue weighted by Crippen LogP contribution is -2.47. The van der Waals surface area contributed by atoms with Gasteiger partial charge >= 0.3 is 0 Å². The Morgan fingerprint density at radius 3 is 2.83 bits per heavy atom. The van der Waals surface area contributed by atoms with Gasteiger partial charge in [0.1, 0.15) is 11.6 Å². The van der Waals surface area contributed by atoms with Gasteiger partial charge in [-0.15, -0.1) is 5.10 Å². The Labute approximate surface area is 133 Å². The monoisotopic (exact) mass is 317 g/mol. The number of carbonyl (C=O) groups excluding carboxylic acids is 1. The lowest BCUT2D eigenvalue weighted by atomic mass is 9.67. The van der Waals surface area contributed by atoms with E-state index in [-0.39, 0.29) is 11.8 Å². The molecule has 2 aliphatic rings. The highest BCUT2D eigenvalue weighted by molar-refractivity contribution is 5.73. The summed E-state index contributed by atoms with van der Waals surface area (Å²) in [6.07, 6.45) is 1.20. The van der Waals surface area contributed by atoms with Crippen LogP contribution in [-0.2, 0) is 21.6 Å². The zero-order valence-electron chi connectivity index (χ0n) is 13.2. The predicted octanol–water partition coefficient (Wildman–Crippen LogP) is 0.522. The van der Waals surface area contributed by atoms with Crippen LogP contribution in [-0.4, -0.2) is 41.2 Å². The van der Waals surface area contributed by atoms with Gasteiger partial charge in [-0.3, -0.25) is 9.89 Å². The minimum absolute atomic E-state index is 0.0342. The summed E-state index contributed by atoms with van der Waals surface area (Å²) in [6.45, 7) is 3.01. The first-order valence-electron chi connectivity index (χ1n) is 7.44. The number of methoxy groups -OCH3 is 1. The molecule has 1 amide bonds. The lowest BCUT2D eigenvalue weighted by Gasteiger charge is -2.43. The minimum Gasteiger partial charge on any atom is -0.420 e. The van der Waals surface area contributed by atoms with Crippen LogP contribution in [0, 0.1) is 11.3 Å². The van der Waals surface area contributed by atoms with Crippen molar-refractivity contribution in [3.05, 3.63) is 22.7 Å². The Balaban J connectivity index is 2.08. The third-order valence-electron chi connectivity index (χ3n) is 4.68. The molecule has 0 bridgehead atoms. The van der Waals surface area contributed by atoms with E-state index in [1.54, 1.807) is 18.9 Å². The fraction of sp³-hybridized carbons (Fsp3) is 0.533. The number of carbonyl (C=O) groups is 1. The largest absolute Gasteiger partial charge is 0.420 e. The number of nitrogens with zero attached hydrogens (tertiary/aromatic N) is 3. The Bertz CT molecular complexity index is 707. The molecule has 3 rings (SSSR count). The van der Waals surface area contributed by atoms with E-state index in [0.717, 1.165) is 11.3 Å². The number of aromatic amines is 1. The van der Waals surface area contributed by atoms with Gasteiger partial charge in [-0.2, -0.15) is 5.26 Å². The highest BCUT2D eigenvalue weighted by atomic mass is 16.5. The van der Waals surface area contributed by atoms with Crippen molar-refractivity contribution in [3.8, 4) is 11.9 Å². The summed E-state index contributed by atoms with van der Waals surface area (Å²) in [5.41, 5.74) is 7.39. The normalized spacial score (nSPS) is 19.3. The number of fused-ring (bicyclic) bond motifs is 2. The Kier molecular flexibility index (Phi) is 3.74. The van der Waals surface area contributed by atoms with Crippen LogP contribution < -0.4 is 10.5 Å². The second-order valence-electron chi connectivity index (χ2n) is 5.86. The van der Waals surface area contributed by atoms with Crippen LogP contribution in [0.1, 0.15) is 31.0 Å². The molecule has 1 aromatic heterocycles. The SMILES string of the molecule is COCc1[nH]nc2c1C1(CCN(C(C)=O)CC1)C(C#N)=C(N)O2. The number of aromatic nitrogens is 2. The van der Waals surface area contributed by atoms with E-state index in [1.165, 1.54) is 0 Å². The molecule has 0 saturated carbocycles. The molecule has 2 aliphatic heterocycles. The molecular formula is C15H19N5O3. The molecule has 1 saturated heterocycles. The van der Waals surface area contributed by atoms with E-state index in [9.17, 15) is 10.1 Å². The van der Waals surface area contributed by atoms with Gasteiger partial charge in [-0.25, -0.2) is 0 Å². The molecular weight excluding hydrogens is 298 g/mol. The molecule has 0 atom stereocenters. The van der Waals surface area contributed by atoms with Crippen molar-refractivity contribution in [2.24, 2.45) is 5.73 Å². The number of amides is 1. The van der Waals surface area contributed by atoms with Crippen LogP contribution in [0.5, 0.6) is 5.88 Å². The number of H-pyrrole nitrogens is 1. The minimum atomic E-state index is -0.584. The quantitative estimate of drug-likeness (QED) is 0.821. The number of hydrogen-bond acceptors (Lipinski definition) is 6. The molecule has 122 valence electrons. The van der Waals surface area contributed by atoms with Gasteiger partial charge in [-0.05, 0) is 12.8 Å². The molecule has 8 heteroatoms. The molecule has 0 aliphatic carbocycles. The maximum absolute atomic E-state index is 11.6. The molecule has 3 N–H and O–H groups in total. The van der Waals surface area contributed by atoms with Gasteiger partial charge in [-0.1, -0.05) is 0 Å². The van der Waals surface area contributed by atoms with E-state index in [0.29, 0.717) is 44.0 Å². The van der Waals surface area contributed by atoms with E-state index < -0.39 is 5.41 Å². The second-order valence-corrected chi connectivity index (χ2v) is 5.86. The second kappa shape index (κ2) is 5.59. The number of ether oxygens (including phenoxy) is 2. The number of likely N-dealkylation sites (tertiary alicyclic amines) is 1. The zero-order chi connectivity index (χ0) is 16.6. The summed E-state index contributed by atoms with van der Waals surface area (Å²) in [6, 6.07) is 2.20. The summed E-state index contributed by atoms with van der Waals surface area (Å²) in [5, 5.41) is 16.7. The van der Waals surface area contributed by atoms with Gasteiger partial charge in [0.05, 0.1) is 17.9 Å². The van der Waals surface area contributed by atoms with Crippen molar-refractivity contribution in [2.45, 2.75) is 31.8 Å². The van der Waals surface area contributed by atoms with E-state index in [1.807, 2.05) is 0 Å². The molecule has 0 radical (unpaired) electrons. The number of nitrogens with two attached hydrogens (primary N) is 1. The first-order valence-corrected chi connectivity index (χ1v) is 7.44. The van der Waals surface area contributed by atoms with Crippen LogP contribution in [0.2, 0.25) is 0 Å². The summed E-state index contributed by atoms with van der Waals surface area (Å²) < 4.78 is 10.7. The van der Waals surface area contributed by atoms with Gasteiger partial charge < -0.3 is 20.1 Å². The lowest BCUT2D eigenvalue weighted by molar-refractivity contribution is -0.130. The highest BCUT2D eigenvalue weighted by Crippen LogP contribution is 2.49. The van der Waals surface area contributed by atoms with Gasteiger partial charge in [0.15, 0.2) is 0 Å². The Morgan fingerprint density at radius 2 is 2.26 bits per heavy atom. The van der Waals surface area contributed by atoms with Crippen LogP contribution in [0.3, 0.4) is 0 Å². The Hall–Kier alpha value is -2.53. The van der Waals surface area contributed by atoms with Crippen molar-refractivity contribution in [1.29, 1.82) is 5.26 Å². The smallest absolute Gasteiger partial charge is 0.244 e. The van der Waals surface area contributed by atoms with Gasteiger partial charge in [0.25, 0.3) is 0 Å². The molecule has 23 heavy (non-hydrogen) atoms. The summed E-state index contributed by atoms with van der Waals surface area (Å²) >= 11 is 0. The van der Waals surface area contributed by atoms with Gasteiger partial charge in [0, 0.05) is 32.5 Å². The molecule has 1 spiro atoms. The van der Waals surface area contributed by atoms with Crippen molar-refractivity contribution < 1.29 is 14.3 Å². The number of hydrogen-bond donors (Lipinski definition) is 2. The summed E-state index contributed by atoms with van der Waals surface area (Å²) in [7, 11) is 1.59. The summed E-state index contributed by atoms with van der Waals surface area (Å²) in [4.78, 5) is 13.4. The van der Waals surface area contributed by atoms with Crippen molar-refractivity contribution in [2.75, 3.05) is 20.2 Å². The standard InChI is InChI=1S/C15H19N5O3/c1-9(21)20-5-3-15(4-6-20)10(7-16)13(17)23-14-12(15)11(8-22-2)18-19-14/h3-6,8,17H2,1-2H3,(H,18,19). The van der Waals surface area contributed by atoms with E-state index >= 15 is 0 Å². The van der Waals surface area contributed by atoms with Crippen LogP contribution in [0.15, 0.2) is 11.5 Å². The average molecular weight is 317 g/mol. The number of nitriles is 1. The fourth-order valence-electron chi connectivity index (χ4n) is 3.56. The average Bonchev–Trinajstić information content (AvgIpc) is 2.92. The zero-order valence-corrected chi connectivity index (χ0v) is 13.2. The molecule has 3 heterocycles. The Morgan fingerprint density at radius 1 is 1.57 bits per heavy atom. The number of piperidine rings is 1. The van der Waals surface area contributed by atoms with Crippen LogP contribution in [0.4, 0.5) is 0 Å². The fourth-order valence-corrected chi connectivity index (χ4v) is 3.56. The highest BCUT2D eigenvalue weighted by Gasteiger charge is 2.49. The maximum Gasteiger partial charge on any atom is 0.244 e. The molecule has 0 unspecified atom stereocenters. The first-order chi connectivity index (χ1) is 11.0. The first kappa shape index (κ1) is 15.4. The number of rotatable bonds is 2. The molecule has 0 aromatic carbocycles. The third kappa shape index (κ3) is 2.24. The number of nitrogens with one attached hydrogen (secondary N) is 1. The van der Waals surface area contributed by atoms with E-state index in [2.05, 4.69) is 16.3 Å². The van der Waals surface area contributed by atoms with Crippen molar-refractivity contribution in [1.82, 2.24) is 15.1 Å². The maximum atomic E-state index is 11.6. The third-order valence-corrected chi connectivity index (χ3v) is 4.68.